The maximum absolute atomic E-state index is 9.87. The van der Waals surface area contributed by atoms with Gasteiger partial charge in [-0.25, -0.2) is 0 Å². The SMILES string of the molecule is NCC1Cc2ccc(Cl)cc2C(O)C1. The van der Waals surface area contributed by atoms with Crippen molar-refractivity contribution < 1.29 is 5.11 Å². The van der Waals surface area contributed by atoms with Gasteiger partial charge in [-0.1, -0.05) is 17.7 Å². The highest BCUT2D eigenvalue weighted by Crippen LogP contribution is 2.34. The van der Waals surface area contributed by atoms with Crippen LogP contribution in [0.4, 0.5) is 0 Å². The van der Waals surface area contributed by atoms with Gasteiger partial charge in [0.05, 0.1) is 6.10 Å². The molecule has 3 heteroatoms. The number of hydrogen-bond donors (Lipinski definition) is 2. The van der Waals surface area contributed by atoms with E-state index in [0.29, 0.717) is 17.5 Å². The summed E-state index contributed by atoms with van der Waals surface area (Å²) in [5, 5.41) is 10.6. The molecule has 1 aromatic rings. The maximum atomic E-state index is 9.87. The van der Waals surface area contributed by atoms with Crippen LogP contribution in [-0.4, -0.2) is 11.7 Å². The van der Waals surface area contributed by atoms with Gasteiger partial charge in [-0.2, -0.15) is 0 Å². The van der Waals surface area contributed by atoms with E-state index < -0.39 is 6.10 Å². The molecule has 0 aromatic heterocycles. The molecule has 0 heterocycles. The number of benzene rings is 1. The molecule has 0 amide bonds. The Morgan fingerprint density at radius 3 is 3.00 bits per heavy atom. The highest BCUT2D eigenvalue weighted by Gasteiger charge is 2.24. The molecule has 3 N–H and O–H groups in total. The van der Waals surface area contributed by atoms with Gasteiger partial charge in [0.25, 0.3) is 0 Å². The lowest BCUT2D eigenvalue weighted by atomic mass is 9.82. The molecule has 2 atom stereocenters. The second-order valence-electron chi connectivity index (χ2n) is 3.90. The minimum absolute atomic E-state index is 0.397. The van der Waals surface area contributed by atoms with Crippen molar-refractivity contribution in [2.75, 3.05) is 6.54 Å². The molecule has 0 saturated carbocycles. The number of rotatable bonds is 1. The van der Waals surface area contributed by atoms with Gasteiger partial charge in [-0.05, 0) is 48.6 Å². The summed E-state index contributed by atoms with van der Waals surface area (Å²) in [6, 6.07) is 5.71. The van der Waals surface area contributed by atoms with Crippen molar-refractivity contribution in [3.05, 3.63) is 34.3 Å². The van der Waals surface area contributed by atoms with E-state index in [9.17, 15) is 5.11 Å². The summed E-state index contributed by atoms with van der Waals surface area (Å²) in [7, 11) is 0. The van der Waals surface area contributed by atoms with Gasteiger partial charge in [0, 0.05) is 5.02 Å². The van der Waals surface area contributed by atoms with E-state index >= 15 is 0 Å². The van der Waals surface area contributed by atoms with Crippen molar-refractivity contribution in [2.24, 2.45) is 11.7 Å². The molecule has 1 aliphatic carbocycles. The van der Waals surface area contributed by atoms with Crippen molar-refractivity contribution in [3.63, 3.8) is 0 Å². The van der Waals surface area contributed by atoms with E-state index in [1.165, 1.54) is 5.56 Å². The largest absolute Gasteiger partial charge is 0.388 e. The summed E-state index contributed by atoms with van der Waals surface area (Å²) >= 11 is 5.88. The Bertz CT molecular complexity index is 340. The van der Waals surface area contributed by atoms with Crippen LogP contribution in [0.2, 0.25) is 5.02 Å². The quantitative estimate of drug-likeness (QED) is 0.746. The summed E-state index contributed by atoms with van der Waals surface area (Å²) in [6.07, 6.45) is 1.31. The summed E-state index contributed by atoms with van der Waals surface area (Å²) in [5.41, 5.74) is 7.77. The van der Waals surface area contributed by atoms with Crippen molar-refractivity contribution in [1.29, 1.82) is 0 Å². The monoisotopic (exact) mass is 211 g/mol. The molecule has 0 bridgehead atoms. The Morgan fingerprint density at radius 2 is 2.29 bits per heavy atom. The van der Waals surface area contributed by atoms with Gasteiger partial charge in [0.1, 0.15) is 0 Å². The van der Waals surface area contributed by atoms with E-state index in [1.54, 1.807) is 0 Å². The second kappa shape index (κ2) is 3.89. The number of fused-ring (bicyclic) bond motifs is 1. The van der Waals surface area contributed by atoms with Crippen LogP contribution in [0.25, 0.3) is 0 Å². The number of halogens is 1. The Kier molecular flexibility index (Phi) is 2.77. The van der Waals surface area contributed by atoms with Gasteiger partial charge in [0.15, 0.2) is 0 Å². The number of nitrogens with two attached hydrogens (primary N) is 1. The van der Waals surface area contributed by atoms with Crippen molar-refractivity contribution in [3.8, 4) is 0 Å². The predicted octanol–water partition coefficient (Wildman–Crippen LogP) is 1.89. The van der Waals surface area contributed by atoms with E-state index in [1.807, 2.05) is 18.2 Å². The third kappa shape index (κ3) is 1.78. The molecule has 2 rings (SSSR count). The molecule has 14 heavy (non-hydrogen) atoms. The number of aliphatic hydroxyl groups is 1. The van der Waals surface area contributed by atoms with Crippen LogP contribution in [0, 0.1) is 5.92 Å². The van der Waals surface area contributed by atoms with Crippen molar-refractivity contribution in [2.45, 2.75) is 18.9 Å². The van der Waals surface area contributed by atoms with Crippen LogP contribution in [0.5, 0.6) is 0 Å². The molecule has 2 unspecified atom stereocenters. The first-order chi connectivity index (χ1) is 6.70. The van der Waals surface area contributed by atoms with Gasteiger partial charge in [-0.3, -0.25) is 0 Å². The minimum atomic E-state index is -0.397. The van der Waals surface area contributed by atoms with Crippen molar-refractivity contribution in [1.82, 2.24) is 0 Å². The molecule has 76 valence electrons. The average Bonchev–Trinajstić information content (AvgIpc) is 2.19. The zero-order valence-corrected chi connectivity index (χ0v) is 8.67. The number of hydrogen-bond acceptors (Lipinski definition) is 2. The Morgan fingerprint density at radius 1 is 1.50 bits per heavy atom. The van der Waals surface area contributed by atoms with E-state index in [0.717, 1.165) is 18.4 Å². The molecular weight excluding hydrogens is 198 g/mol. The molecular formula is C11H14ClNO. The topological polar surface area (TPSA) is 46.2 Å². The van der Waals surface area contributed by atoms with Gasteiger partial charge in [0.2, 0.25) is 0 Å². The van der Waals surface area contributed by atoms with Crippen LogP contribution in [0.15, 0.2) is 18.2 Å². The van der Waals surface area contributed by atoms with Crippen LogP contribution in [0.1, 0.15) is 23.7 Å². The fraction of sp³-hybridized carbons (Fsp3) is 0.455. The van der Waals surface area contributed by atoms with Gasteiger partial charge >= 0.3 is 0 Å². The minimum Gasteiger partial charge on any atom is -0.388 e. The molecule has 0 fully saturated rings. The molecule has 0 aliphatic heterocycles. The zero-order valence-electron chi connectivity index (χ0n) is 7.91. The smallest absolute Gasteiger partial charge is 0.0796 e. The lowest BCUT2D eigenvalue weighted by Gasteiger charge is -2.27. The Labute approximate surface area is 88.7 Å². The molecule has 0 radical (unpaired) electrons. The highest BCUT2D eigenvalue weighted by atomic mass is 35.5. The maximum Gasteiger partial charge on any atom is 0.0796 e. The van der Waals surface area contributed by atoms with Crippen LogP contribution >= 0.6 is 11.6 Å². The second-order valence-corrected chi connectivity index (χ2v) is 4.34. The van der Waals surface area contributed by atoms with Crippen LogP contribution < -0.4 is 5.73 Å². The van der Waals surface area contributed by atoms with E-state index in [4.69, 9.17) is 17.3 Å². The third-order valence-electron chi connectivity index (χ3n) is 2.87. The highest BCUT2D eigenvalue weighted by molar-refractivity contribution is 6.30. The first-order valence-corrected chi connectivity index (χ1v) is 5.25. The van der Waals surface area contributed by atoms with Crippen LogP contribution in [0.3, 0.4) is 0 Å². The van der Waals surface area contributed by atoms with E-state index in [2.05, 4.69) is 0 Å². The number of aliphatic hydroxyl groups excluding tert-OH is 1. The molecule has 1 aromatic carbocycles. The molecule has 0 spiro atoms. The normalized spacial score (nSPS) is 25.9. The zero-order chi connectivity index (χ0) is 10.1. The predicted molar refractivity (Wildman–Crippen MR) is 57.3 cm³/mol. The fourth-order valence-corrected chi connectivity index (χ4v) is 2.26. The third-order valence-corrected chi connectivity index (χ3v) is 3.10. The van der Waals surface area contributed by atoms with Crippen molar-refractivity contribution >= 4 is 11.6 Å². The lowest BCUT2D eigenvalue weighted by Crippen LogP contribution is -2.24. The van der Waals surface area contributed by atoms with E-state index in [-0.39, 0.29) is 0 Å². The summed E-state index contributed by atoms with van der Waals surface area (Å²) in [4.78, 5) is 0. The molecule has 1 aliphatic rings. The fourth-order valence-electron chi connectivity index (χ4n) is 2.08. The summed E-state index contributed by atoms with van der Waals surface area (Å²) in [6.45, 7) is 0.638. The van der Waals surface area contributed by atoms with Gasteiger partial charge < -0.3 is 10.8 Å². The summed E-state index contributed by atoms with van der Waals surface area (Å²) in [5.74, 6) is 0.402. The Balaban J connectivity index is 2.35. The first-order valence-electron chi connectivity index (χ1n) is 4.87. The average molecular weight is 212 g/mol. The Hall–Kier alpha value is -0.570. The molecule has 2 nitrogen and oxygen atoms in total. The summed E-state index contributed by atoms with van der Waals surface area (Å²) < 4.78 is 0. The lowest BCUT2D eigenvalue weighted by molar-refractivity contribution is 0.134. The van der Waals surface area contributed by atoms with Crippen LogP contribution in [-0.2, 0) is 6.42 Å². The molecule has 0 saturated heterocycles. The van der Waals surface area contributed by atoms with Gasteiger partial charge in [-0.15, -0.1) is 0 Å². The first kappa shape index (κ1) is 9.97. The standard InChI is InChI=1S/C11H14ClNO/c12-9-2-1-8-3-7(6-13)4-11(14)10(8)5-9/h1-2,5,7,11,14H,3-4,6,13H2.